The highest BCUT2D eigenvalue weighted by molar-refractivity contribution is 5.75. The van der Waals surface area contributed by atoms with Gasteiger partial charge in [0.1, 0.15) is 6.26 Å². The fraction of sp³-hybridized carbons (Fsp3) is 0.714. The Morgan fingerprint density at radius 2 is 2.21 bits per heavy atom. The Morgan fingerprint density at radius 1 is 1.58 bits per heavy atom. The molecule has 1 aliphatic carbocycles. The number of nitrogens with zero attached hydrogens (tertiary/aromatic N) is 1. The van der Waals surface area contributed by atoms with Crippen LogP contribution < -0.4 is 5.32 Å². The van der Waals surface area contributed by atoms with Crippen molar-refractivity contribution in [2.45, 2.75) is 58.5 Å². The maximum Gasteiger partial charge on any atom is 0.309 e. The number of hydrogen-bond acceptors (Lipinski definition) is 4. The van der Waals surface area contributed by atoms with Crippen molar-refractivity contribution in [2.75, 3.05) is 0 Å². The Bertz CT molecular complexity index is 467. The lowest BCUT2D eigenvalue weighted by atomic mass is 9.67. The average Bonchev–Trinajstić information content (AvgIpc) is 2.70. The number of rotatable bonds is 4. The van der Waals surface area contributed by atoms with Crippen molar-refractivity contribution < 1.29 is 14.3 Å². The van der Waals surface area contributed by atoms with Gasteiger partial charge in [-0.1, -0.05) is 20.8 Å². The van der Waals surface area contributed by atoms with Gasteiger partial charge in [0.05, 0.1) is 17.7 Å². The molecule has 1 saturated carbocycles. The lowest BCUT2D eigenvalue weighted by Gasteiger charge is -2.42. The van der Waals surface area contributed by atoms with E-state index in [-0.39, 0.29) is 11.5 Å². The highest BCUT2D eigenvalue weighted by Gasteiger charge is 2.46. The molecule has 0 bridgehead atoms. The van der Waals surface area contributed by atoms with Gasteiger partial charge in [0.2, 0.25) is 5.89 Å². The molecule has 0 aromatic carbocycles. The third-order valence-electron chi connectivity index (χ3n) is 3.77. The van der Waals surface area contributed by atoms with Crippen LogP contribution in [0.2, 0.25) is 0 Å². The van der Waals surface area contributed by atoms with Crippen molar-refractivity contribution in [1.82, 2.24) is 10.3 Å². The molecule has 0 spiro atoms. The van der Waals surface area contributed by atoms with E-state index in [1.165, 1.54) is 0 Å². The smallest absolute Gasteiger partial charge is 0.309 e. The SMILES string of the molecule is CC1(C(=O)O)CC(NCc2nc(C(C)(C)C)co2)C1. The first-order valence-corrected chi connectivity index (χ1v) is 6.62. The van der Waals surface area contributed by atoms with E-state index in [2.05, 4.69) is 31.1 Å². The summed E-state index contributed by atoms with van der Waals surface area (Å²) in [7, 11) is 0. The summed E-state index contributed by atoms with van der Waals surface area (Å²) in [6.45, 7) is 8.61. The zero-order chi connectivity index (χ0) is 14.3. The van der Waals surface area contributed by atoms with Crippen molar-refractivity contribution in [2.24, 2.45) is 5.41 Å². The Hall–Kier alpha value is -1.36. The molecule has 5 nitrogen and oxygen atoms in total. The second kappa shape index (κ2) is 4.63. The molecule has 1 fully saturated rings. The van der Waals surface area contributed by atoms with Gasteiger partial charge in [-0.3, -0.25) is 4.79 Å². The van der Waals surface area contributed by atoms with E-state index in [4.69, 9.17) is 9.52 Å². The van der Waals surface area contributed by atoms with Crippen LogP contribution in [0.15, 0.2) is 10.7 Å². The molecule has 0 amide bonds. The van der Waals surface area contributed by atoms with E-state index in [0.29, 0.717) is 25.3 Å². The van der Waals surface area contributed by atoms with Crippen LogP contribution in [-0.2, 0) is 16.8 Å². The predicted molar refractivity (Wildman–Crippen MR) is 70.8 cm³/mol. The molecule has 1 aliphatic rings. The molecule has 1 aromatic rings. The van der Waals surface area contributed by atoms with Crippen LogP contribution in [-0.4, -0.2) is 22.1 Å². The molecule has 0 aliphatic heterocycles. The molecular weight excluding hydrogens is 244 g/mol. The fourth-order valence-electron chi connectivity index (χ4n) is 2.32. The van der Waals surface area contributed by atoms with Gasteiger partial charge in [-0.2, -0.15) is 0 Å². The van der Waals surface area contributed by atoms with Crippen molar-refractivity contribution in [3.8, 4) is 0 Å². The number of carboxylic acids is 1. The number of carbonyl (C=O) groups is 1. The summed E-state index contributed by atoms with van der Waals surface area (Å²) >= 11 is 0. The minimum atomic E-state index is -0.711. The fourth-order valence-corrected chi connectivity index (χ4v) is 2.32. The topological polar surface area (TPSA) is 75.4 Å². The molecule has 0 atom stereocenters. The van der Waals surface area contributed by atoms with E-state index in [9.17, 15) is 4.79 Å². The van der Waals surface area contributed by atoms with Crippen molar-refractivity contribution in [3.05, 3.63) is 17.8 Å². The molecule has 2 N–H and O–H groups in total. The zero-order valence-electron chi connectivity index (χ0n) is 12.0. The van der Waals surface area contributed by atoms with Crippen LogP contribution in [0.1, 0.15) is 52.1 Å². The Balaban J connectivity index is 1.82. The summed E-state index contributed by atoms with van der Waals surface area (Å²) in [5.74, 6) is -0.0504. The number of oxazole rings is 1. The number of carboxylic acid groups (broad SMARTS) is 1. The van der Waals surface area contributed by atoms with E-state index >= 15 is 0 Å². The monoisotopic (exact) mass is 266 g/mol. The third-order valence-corrected chi connectivity index (χ3v) is 3.77. The minimum Gasteiger partial charge on any atom is -0.481 e. The highest BCUT2D eigenvalue weighted by atomic mass is 16.4. The standard InChI is InChI=1S/C14H22N2O3/c1-13(2,3)10-8-19-11(16-10)7-15-9-5-14(4,6-9)12(17)18/h8-9,15H,5-7H2,1-4H3,(H,17,18). The number of hydrogen-bond donors (Lipinski definition) is 2. The Labute approximate surface area is 113 Å². The Kier molecular flexibility index (Phi) is 3.43. The van der Waals surface area contributed by atoms with Crippen LogP contribution in [0.25, 0.3) is 0 Å². The van der Waals surface area contributed by atoms with Gasteiger partial charge in [-0.25, -0.2) is 4.98 Å². The number of aromatic nitrogens is 1. The van der Waals surface area contributed by atoms with Gasteiger partial charge >= 0.3 is 5.97 Å². The zero-order valence-corrected chi connectivity index (χ0v) is 12.0. The molecule has 0 unspecified atom stereocenters. The van der Waals surface area contributed by atoms with Gasteiger partial charge in [0.25, 0.3) is 0 Å². The highest BCUT2D eigenvalue weighted by Crippen LogP contribution is 2.40. The molecule has 0 radical (unpaired) electrons. The van der Waals surface area contributed by atoms with Crippen LogP contribution in [0.4, 0.5) is 0 Å². The summed E-state index contributed by atoms with van der Waals surface area (Å²) in [6.07, 6.45) is 3.02. The molecule has 106 valence electrons. The van der Waals surface area contributed by atoms with Gasteiger partial charge in [-0.05, 0) is 19.8 Å². The minimum absolute atomic E-state index is 0.0138. The van der Waals surface area contributed by atoms with E-state index in [1.54, 1.807) is 13.2 Å². The molecule has 19 heavy (non-hydrogen) atoms. The quantitative estimate of drug-likeness (QED) is 0.874. The van der Waals surface area contributed by atoms with E-state index in [0.717, 1.165) is 5.69 Å². The summed E-state index contributed by atoms with van der Waals surface area (Å²) in [5.41, 5.74) is 0.360. The predicted octanol–water partition coefficient (Wildman–Crippen LogP) is 2.32. The maximum absolute atomic E-state index is 11.0. The first-order chi connectivity index (χ1) is 8.71. The molecule has 5 heteroatoms. The first kappa shape index (κ1) is 14.1. The lowest BCUT2D eigenvalue weighted by molar-refractivity contribution is -0.154. The van der Waals surface area contributed by atoms with Gasteiger partial charge in [0.15, 0.2) is 0 Å². The average molecular weight is 266 g/mol. The molecular formula is C14H22N2O3. The summed E-state index contributed by atoms with van der Waals surface area (Å²) in [6, 6.07) is 0.242. The summed E-state index contributed by atoms with van der Waals surface area (Å²) < 4.78 is 5.42. The van der Waals surface area contributed by atoms with Crippen molar-refractivity contribution >= 4 is 5.97 Å². The second-order valence-corrected chi connectivity index (χ2v) is 6.73. The Morgan fingerprint density at radius 3 is 2.68 bits per heavy atom. The van der Waals surface area contributed by atoms with Gasteiger partial charge in [-0.15, -0.1) is 0 Å². The first-order valence-electron chi connectivity index (χ1n) is 6.62. The van der Waals surface area contributed by atoms with E-state index < -0.39 is 11.4 Å². The lowest BCUT2D eigenvalue weighted by Crippen LogP contribution is -2.51. The molecule has 1 heterocycles. The summed E-state index contributed by atoms with van der Waals surface area (Å²) in [5, 5.41) is 12.3. The van der Waals surface area contributed by atoms with Crippen molar-refractivity contribution in [3.63, 3.8) is 0 Å². The second-order valence-electron chi connectivity index (χ2n) is 6.73. The third kappa shape index (κ3) is 2.97. The van der Waals surface area contributed by atoms with Crippen LogP contribution >= 0.6 is 0 Å². The van der Waals surface area contributed by atoms with E-state index in [1.807, 2.05) is 0 Å². The molecule has 1 aromatic heterocycles. The maximum atomic E-state index is 11.0. The molecule has 0 saturated heterocycles. The normalized spacial score (nSPS) is 27.1. The summed E-state index contributed by atoms with van der Waals surface area (Å²) in [4.78, 5) is 15.4. The van der Waals surface area contributed by atoms with Gasteiger partial charge < -0.3 is 14.8 Å². The van der Waals surface area contributed by atoms with Crippen LogP contribution in [0, 0.1) is 5.41 Å². The van der Waals surface area contributed by atoms with Crippen molar-refractivity contribution in [1.29, 1.82) is 0 Å². The largest absolute Gasteiger partial charge is 0.481 e. The van der Waals surface area contributed by atoms with Gasteiger partial charge in [0, 0.05) is 11.5 Å². The van der Waals surface area contributed by atoms with Crippen LogP contribution in [0.5, 0.6) is 0 Å². The number of nitrogens with one attached hydrogen (secondary N) is 1. The van der Waals surface area contributed by atoms with Crippen LogP contribution in [0.3, 0.4) is 0 Å². The number of aliphatic carboxylic acids is 1. The molecule has 2 rings (SSSR count).